The van der Waals surface area contributed by atoms with Crippen molar-refractivity contribution in [3.05, 3.63) is 24.3 Å². The van der Waals surface area contributed by atoms with Crippen molar-refractivity contribution in [2.75, 3.05) is 35.8 Å². The Hall–Kier alpha value is -2.06. The van der Waals surface area contributed by atoms with Crippen LogP contribution in [0, 0.1) is 0 Å². The fourth-order valence-corrected chi connectivity index (χ4v) is 3.75. The zero-order valence-corrected chi connectivity index (χ0v) is 14.5. The summed E-state index contributed by atoms with van der Waals surface area (Å²) in [6.07, 6.45) is 0.842. The molecule has 1 aliphatic heterocycles. The van der Waals surface area contributed by atoms with Gasteiger partial charge in [0.15, 0.2) is 0 Å². The van der Waals surface area contributed by atoms with Crippen LogP contribution in [0.3, 0.4) is 0 Å². The van der Waals surface area contributed by atoms with Gasteiger partial charge < -0.3 is 20.7 Å². The monoisotopic (exact) mass is 351 g/mol. The maximum Gasteiger partial charge on any atom is 0.313 e. The summed E-state index contributed by atoms with van der Waals surface area (Å²) in [6.45, 7) is 1.69. The second kappa shape index (κ2) is 8.16. The Labute approximate surface area is 144 Å². The fraction of sp³-hybridized carbons (Fsp3) is 0.438. The molecule has 2 rings (SSSR count). The lowest BCUT2D eigenvalue weighted by Crippen LogP contribution is -2.47. The summed E-state index contributed by atoms with van der Waals surface area (Å²) >= 11 is 1.76. The molecule has 0 aliphatic carbocycles. The first-order valence-corrected chi connectivity index (χ1v) is 8.69. The molecule has 0 saturated carbocycles. The van der Waals surface area contributed by atoms with E-state index >= 15 is 0 Å². The largest absolute Gasteiger partial charge is 0.376 e. The SMILES string of the molecule is COC1(CNC(=O)C(=O)Nc2cccc(NC(C)=O)c2)CCSC1. The van der Waals surface area contributed by atoms with E-state index in [9.17, 15) is 14.4 Å². The van der Waals surface area contributed by atoms with Gasteiger partial charge in [0.25, 0.3) is 0 Å². The van der Waals surface area contributed by atoms with E-state index in [4.69, 9.17) is 4.74 Å². The van der Waals surface area contributed by atoms with Gasteiger partial charge >= 0.3 is 11.8 Å². The zero-order chi connectivity index (χ0) is 17.6. The third-order valence-corrected chi connectivity index (χ3v) is 4.94. The van der Waals surface area contributed by atoms with Gasteiger partial charge in [-0.1, -0.05) is 6.07 Å². The Balaban J connectivity index is 1.89. The average Bonchev–Trinajstić information content (AvgIpc) is 3.01. The van der Waals surface area contributed by atoms with Crippen LogP contribution in [0.5, 0.6) is 0 Å². The van der Waals surface area contributed by atoms with Gasteiger partial charge in [-0.25, -0.2) is 0 Å². The van der Waals surface area contributed by atoms with E-state index in [2.05, 4.69) is 16.0 Å². The normalized spacial score (nSPS) is 19.6. The van der Waals surface area contributed by atoms with Crippen molar-refractivity contribution in [1.29, 1.82) is 0 Å². The molecule has 1 aliphatic rings. The molecule has 0 spiro atoms. The maximum atomic E-state index is 12.0. The lowest BCUT2D eigenvalue weighted by molar-refractivity contribution is -0.136. The first-order chi connectivity index (χ1) is 11.4. The van der Waals surface area contributed by atoms with E-state index in [1.165, 1.54) is 6.92 Å². The van der Waals surface area contributed by atoms with Crippen LogP contribution in [-0.4, -0.2) is 48.5 Å². The van der Waals surface area contributed by atoms with Crippen LogP contribution >= 0.6 is 11.8 Å². The Morgan fingerprint density at radius 1 is 1.21 bits per heavy atom. The number of methoxy groups -OCH3 is 1. The number of thioether (sulfide) groups is 1. The molecule has 1 unspecified atom stereocenters. The van der Waals surface area contributed by atoms with Crippen LogP contribution in [0.4, 0.5) is 11.4 Å². The predicted molar refractivity (Wildman–Crippen MR) is 94.1 cm³/mol. The van der Waals surface area contributed by atoms with Gasteiger partial charge in [0, 0.05) is 37.7 Å². The first kappa shape index (κ1) is 18.3. The number of carbonyl (C=O) groups is 3. The van der Waals surface area contributed by atoms with E-state index in [0.717, 1.165) is 17.9 Å². The molecule has 3 N–H and O–H groups in total. The number of carbonyl (C=O) groups excluding carboxylic acids is 3. The zero-order valence-electron chi connectivity index (χ0n) is 13.7. The quantitative estimate of drug-likeness (QED) is 0.693. The Bertz CT molecular complexity index is 630. The van der Waals surface area contributed by atoms with Crippen LogP contribution in [-0.2, 0) is 19.1 Å². The minimum absolute atomic E-state index is 0.212. The molecule has 3 amide bonds. The van der Waals surface area contributed by atoms with E-state index in [0.29, 0.717) is 17.9 Å². The van der Waals surface area contributed by atoms with E-state index < -0.39 is 17.4 Å². The molecule has 1 aromatic carbocycles. The molecule has 24 heavy (non-hydrogen) atoms. The van der Waals surface area contributed by atoms with Crippen molar-refractivity contribution < 1.29 is 19.1 Å². The topological polar surface area (TPSA) is 96.5 Å². The van der Waals surface area contributed by atoms with Crippen molar-refractivity contribution in [3.63, 3.8) is 0 Å². The number of anilines is 2. The number of hydrogen-bond acceptors (Lipinski definition) is 5. The predicted octanol–water partition coefficient (Wildman–Crippen LogP) is 1.22. The fourth-order valence-electron chi connectivity index (χ4n) is 2.35. The highest BCUT2D eigenvalue weighted by molar-refractivity contribution is 7.99. The standard InChI is InChI=1S/C16H21N3O4S/c1-11(20)18-12-4-3-5-13(8-12)19-15(22)14(21)17-9-16(23-2)6-7-24-10-16/h3-5,8H,6-7,9-10H2,1-2H3,(H,17,21)(H,18,20)(H,19,22). The Morgan fingerprint density at radius 3 is 2.50 bits per heavy atom. The second-order valence-corrected chi connectivity index (χ2v) is 6.69. The van der Waals surface area contributed by atoms with Crippen LogP contribution in [0.2, 0.25) is 0 Å². The van der Waals surface area contributed by atoms with Crippen LogP contribution in [0.1, 0.15) is 13.3 Å². The molecule has 7 nitrogen and oxygen atoms in total. The van der Waals surface area contributed by atoms with Crippen LogP contribution in [0.15, 0.2) is 24.3 Å². The van der Waals surface area contributed by atoms with Gasteiger partial charge in [-0.05, 0) is 30.4 Å². The van der Waals surface area contributed by atoms with E-state index in [1.54, 1.807) is 43.1 Å². The summed E-state index contributed by atoms with van der Waals surface area (Å²) < 4.78 is 5.49. The number of ether oxygens (including phenoxy) is 1. The molecule has 0 aromatic heterocycles. The number of rotatable bonds is 5. The third kappa shape index (κ3) is 4.97. The molecule has 1 atom stereocenters. The Kier molecular flexibility index (Phi) is 6.22. The van der Waals surface area contributed by atoms with E-state index in [1.807, 2.05) is 0 Å². The number of benzene rings is 1. The molecule has 1 aromatic rings. The molecule has 8 heteroatoms. The van der Waals surface area contributed by atoms with Crippen molar-refractivity contribution in [2.24, 2.45) is 0 Å². The summed E-state index contributed by atoms with van der Waals surface area (Å²) in [5.41, 5.74) is 0.577. The summed E-state index contributed by atoms with van der Waals surface area (Å²) in [5.74, 6) is 0.0892. The highest BCUT2D eigenvalue weighted by Gasteiger charge is 2.35. The number of nitrogens with one attached hydrogen (secondary N) is 3. The first-order valence-electron chi connectivity index (χ1n) is 7.54. The van der Waals surface area contributed by atoms with Crippen molar-refractivity contribution in [2.45, 2.75) is 18.9 Å². The molecule has 1 fully saturated rings. The maximum absolute atomic E-state index is 12.0. The lowest BCUT2D eigenvalue weighted by Gasteiger charge is -2.26. The van der Waals surface area contributed by atoms with Crippen molar-refractivity contribution >= 4 is 40.9 Å². The molecule has 1 saturated heterocycles. The minimum Gasteiger partial charge on any atom is -0.376 e. The summed E-state index contributed by atoms with van der Waals surface area (Å²) in [7, 11) is 1.62. The van der Waals surface area contributed by atoms with Crippen molar-refractivity contribution in [3.8, 4) is 0 Å². The van der Waals surface area contributed by atoms with Gasteiger partial charge in [0.1, 0.15) is 0 Å². The van der Waals surface area contributed by atoms with Gasteiger partial charge in [-0.2, -0.15) is 11.8 Å². The molecular formula is C16H21N3O4S. The molecular weight excluding hydrogens is 330 g/mol. The summed E-state index contributed by atoms with van der Waals surface area (Å²) in [4.78, 5) is 35.0. The molecule has 0 radical (unpaired) electrons. The van der Waals surface area contributed by atoms with Gasteiger partial charge in [0.05, 0.1) is 5.60 Å². The number of hydrogen-bond donors (Lipinski definition) is 3. The molecule has 1 heterocycles. The van der Waals surface area contributed by atoms with Crippen LogP contribution in [0.25, 0.3) is 0 Å². The minimum atomic E-state index is -0.758. The smallest absolute Gasteiger partial charge is 0.313 e. The second-order valence-electron chi connectivity index (χ2n) is 5.59. The number of amides is 3. The van der Waals surface area contributed by atoms with Crippen molar-refractivity contribution in [1.82, 2.24) is 5.32 Å². The highest BCUT2D eigenvalue weighted by Crippen LogP contribution is 2.30. The highest BCUT2D eigenvalue weighted by atomic mass is 32.2. The average molecular weight is 351 g/mol. The molecule has 0 bridgehead atoms. The lowest BCUT2D eigenvalue weighted by atomic mass is 10.0. The van der Waals surface area contributed by atoms with E-state index in [-0.39, 0.29) is 5.91 Å². The van der Waals surface area contributed by atoms with Gasteiger partial charge in [0.2, 0.25) is 5.91 Å². The van der Waals surface area contributed by atoms with Crippen LogP contribution < -0.4 is 16.0 Å². The molecule has 130 valence electrons. The van der Waals surface area contributed by atoms with Gasteiger partial charge in [-0.15, -0.1) is 0 Å². The van der Waals surface area contributed by atoms with Gasteiger partial charge in [-0.3, -0.25) is 14.4 Å². The summed E-state index contributed by atoms with van der Waals surface area (Å²) in [5, 5.41) is 7.75. The Morgan fingerprint density at radius 2 is 1.92 bits per heavy atom. The third-order valence-electron chi connectivity index (χ3n) is 3.72. The summed E-state index contributed by atoms with van der Waals surface area (Å²) in [6, 6.07) is 6.59.